The number of ether oxygens (including phenoxy) is 4. The van der Waals surface area contributed by atoms with Crippen LogP contribution in [-0.2, 0) is 65.4 Å². The molecule has 0 heterocycles. The SMILES string of the molecule is CCCCCCCCCCCCCCCCCCCCC(=O)O[C@H](COC(=O)CCCCCCCCCCCCCCCC)COP(=O)(O)OC[C@@H](O)COP(=O)(O)OC[C@@H](COC(=O)CCCCCCCCCCCC)OC(=O)CCCCCCCCCCCC. The van der Waals surface area contributed by atoms with Crippen molar-refractivity contribution >= 4 is 39.5 Å². The molecule has 0 aromatic heterocycles. The fourth-order valence-electron chi connectivity index (χ4n) is 11.2. The number of carbonyl (C=O) groups excluding carboxylic acids is 4. The molecule has 0 bridgehead atoms. The zero-order chi connectivity index (χ0) is 67.5. The summed E-state index contributed by atoms with van der Waals surface area (Å²) >= 11 is 0. The molecular formula is C73H142O17P2. The number of aliphatic hydroxyl groups is 1. The van der Waals surface area contributed by atoms with Crippen LogP contribution in [0.4, 0.5) is 0 Å². The average molecular weight is 1350 g/mol. The van der Waals surface area contributed by atoms with Crippen LogP contribution < -0.4 is 0 Å². The standard InChI is InChI=1S/C73H142O17P2/c1-5-9-13-17-21-25-29-31-33-34-35-36-38-40-44-48-52-56-60-73(78)90-69(64-84-71(76)58-54-50-46-43-39-37-32-30-26-22-18-14-10-6-2)66-88-92(81,82)86-62-67(74)61-85-91(79,80)87-65-68(89-72(77)59-55-51-47-42-28-24-20-16-12-8-4)63-83-70(75)57-53-49-45-41-27-23-19-15-11-7-3/h67-69,74H,5-66H2,1-4H3,(H,79,80)(H,81,82)/t67-,68+,69+/m0/s1. The number of hydrogen-bond acceptors (Lipinski definition) is 15. The van der Waals surface area contributed by atoms with Crippen molar-refractivity contribution in [3.8, 4) is 0 Å². The molecule has 19 heteroatoms. The number of phosphoric acid groups is 2. The van der Waals surface area contributed by atoms with Crippen molar-refractivity contribution in [3.63, 3.8) is 0 Å². The van der Waals surface area contributed by atoms with Crippen LogP contribution in [0.25, 0.3) is 0 Å². The third-order valence-electron chi connectivity index (χ3n) is 17.1. The van der Waals surface area contributed by atoms with Gasteiger partial charge in [0.05, 0.1) is 26.4 Å². The summed E-state index contributed by atoms with van der Waals surface area (Å²) in [5.41, 5.74) is 0. The maximum absolute atomic E-state index is 13.1. The van der Waals surface area contributed by atoms with Gasteiger partial charge in [-0.3, -0.25) is 37.3 Å². The second-order valence-corrected chi connectivity index (χ2v) is 29.2. The molecule has 0 rings (SSSR count). The molecule has 0 aliphatic carbocycles. The van der Waals surface area contributed by atoms with Gasteiger partial charge in [-0.25, -0.2) is 9.13 Å². The van der Waals surface area contributed by atoms with Gasteiger partial charge in [0.15, 0.2) is 12.2 Å². The molecule has 17 nitrogen and oxygen atoms in total. The average Bonchev–Trinajstić information content (AvgIpc) is 2.51. The molecule has 0 saturated carbocycles. The lowest BCUT2D eigenvalue weighted by atomic mass is 10.0. The monoisotopic (exact) mass is 1350 g/mol. The minimum atomic E-state index is -4.95. The molecule has 0 aromatic rings. The van der Waals surface area contributed by atoms with E-state index in [-0.39, 0.29) is 25.7 Å². The van der Waals surface area contributed by atoms with Crippen LogP contribution in [0.5, 0.6) is 0 Å². The summed E-state index contributed by atoms with van der Waals surface area (Å²) in [5.74, 6) is -2.12. The summed E-state index contributed by atoms with van der Waals surface area (Å²) < 4.78 is 68.4. The quantitative estimate of drug-likeness (QED) is 0.0222. The fraction of sp³-hybridized carbons (Fsp3) is 0.945. The summed E-state index contributed by atoms with van der Waals surface area (Å²) in [6.45, 7) is 4.96. The van der Waals surface area contributed by atoms with Crippen molar-refractivity contribution in [1.82, 2.24) is 0 Å². The van der Waals surface area contributed by atoms with Crippen LogP contribution in [-0.4, -0.2) is 96.7 Å². The van der Waals surface area contributed by atoms with E-state index in [1.54, 1.807) is 0 Å². The molecular weight excluding hydrogens is 1210 g/mol. The van der Waals surface area contributed by atoms with E-state index in [9.17, 15) is 43.2 Å². The van der Waals surface area contributed by atoms with Crippen molar-refractivity contribution in [2.45, 2.75) is 406 Å². The van der Waals surface area contributed by atoms with Crippen LogP contribution in [0, 0.1) is 0 Å². The van der Waals surface area contributed by atoms with Crippen LogP contribution in [0.15, 0.2) is 0 Å². The zero-order valence-electron chi connectivity index (χ0n) is 59.5. The lowest BCUT2D eigenvalue weighted by Gasteiger charge is -2.21. The first-order chi connectivity index (χ1) is 44.7. The molecule has 0 radical (unpaired) electrons. The Morgan fingerprint density at radius 2 is 0.435 bits per heavy atom. The van der Waals surface area contributed by atoms with Crippen molar-refractivity contribution in [1.29, 1.82) is 0 Å². The number of phosphoric ester groups is 2. The van der Waals surface area contributed by atoms with Gasteiger partial charge in [0.1, 0.15) is 19.3 Å². The molecule has 2 unspecified atom stereocenters. The molecule has 0 amide bonds. The Kier molecular flexibility index (Phi) is 66.2. The molecule has 0 aliphatic rings. The molecule has 546 valence electrons. The maximum Gasteiger partial charge on any atom is 0.472 e. The summed E-state index contributed by atoms with van der Waals surface area (Å²) in [7, 11) is -9.90. The first-order valence-corrected chi connectivity index (χ1v) is 41.3. The first-order valence-electron chi connectivity index (χ1n) is 38.3. The van der Waals surface area contributed by atoms with Crippen LogP contribution in [0.3, 0.4) is 0 Å². The number of hydrogen-bond donors (Lipinski definition) is 3. The van der Waals surface area contributed by atoms with E-state index in [0.717, 1.165) is 89.9 Å². The molecule has 3 N–H and O–H groups in total. The van der Waals surface area contributed by atoms with E-state index in [0.29, 0.717) is 25.7 Å². The Hall–Kier alpha value is -1.94. The highest BCUT2D eigenvalue weighted by atomic mass is 31.2. The summed E-state index contributed by atoms with van der Waals surface area (Å²) in [4.78, 5) is 72.6. The Bertz CT molecular complexity index is 1760. The highest BCUT2D eigenvalue weighted by Gasteiger charge is 2.30. The number of carbonyl (C=O) groups is 4. The van der Waals surface area contributed by atoms with Crippen LogP contribution in [0.1, 0.15) is 387 Å². The van der Waals surface area contributed by atoms with Gasteiger partial charge in [-0.1, -0.05) is 336 Å². The Morgan fingerprint density at radius 3 is 0.641 bits per heavy atom. The minimum absolute atomic E-state index is 0.107. The number of unbranched alkanes of at least 4 members (excludes halogenated alkanes) is 48. The van der Waals surface area contributed by atoms with Gasteiger partial charge >= 0.3 is 39.5 Å². The van der Waals surface area contributed by atoms with Gasteiger partial charge in [-0.2, -0.15) is 0 Å². The van der Waals surface area contributed by atoms with Crippen molar-refractivity contribution in [3.05, 3.63) is 0 Å². The number of aliphatic hydroxyl groups excluding tert-OH is 1. The normalized spacial score (nSPS) is 13.9. The van der Waals surface area contributed by atoms with E-state index in [2.05, 4.69) is 27.7 Å². The number of rotatable bonds is 74. The van der Waals surface area contributed by atoms with Gasteiger partial charge in [-0.05, 0) is 25.7 Å². The highest BCUT2D eigenvalue weighted by Crippen LogP contribution is 2.45. The molecule has 0 spiro atoms. The molecule has 0 fully saturated rings. The second-order valence-electron chi connectivity index (χ2n) is 26.3. The van der Waals surface area contributed by atoms with E-state index in [4.69, 9.17) is 37.0 Å². The predicted octanol–water partition coefficient (Wildman–Crippen LogP) is 21.4. The Morgan fingerprint density at radius 1 is 0.261 bits per heavy atom. The summed E-state index contributed by atoms with van der Waals surface area (Å²) in [6.07, 6.45) is 56.8. The predicted molar refractivity (Wildman–Crippen MR) is 372 cm³/mol. The van der Waals surface area contributed by atoms with E-state index in [1.807, 2.05) is 0 Å². The summed E-state index contributed by atoms with van der Waals surface area (Å²) in [5, 5.41) is 10.6. The van der Waals surface area contributed by atoms with E-state index in [1.165, 1.54) is 218 Å². The largest absolute Gasteiger partial charge is 0.472 e. The maximum atomic E-state index is 13.1. The van der Waals surface area contributed by atoms with Crippen LogP contribution >= 0.6 is 15.6 Å². The zero-order valence-corrected chi connectivity index (χ0v) is 61.3. The van der Waals surface area contributed by atoms with Crippen molar-refractivity contribution < 1.29 is 80.2 Å². The lowest BCUT2D eigenvalue weighted by Crippen LogP contribution is -2.30. The molecule has 0 aliphatic heterocycles. The van der Waals surface area contributed by atoms with Crippen molar-refractivity contribution in [2.75, 3.05) is 39.6 Å². The topological polar surface area (TPSA) is 237 Å². The van der Waals surface area contributed by atoms with Gasteiger partial charge in [0, 0.05) is 25.7 Å². The lowest BCUT2D eigenvalue weighted by molar-refractivity contribution is -0.161. The van der Waals surface area contributed by atoms with Crippen LogP contribution in [0.2, 0.25) is 0 Å². The second kappa shape index (κ2) is 67.6. The molecule has 92 heavy (non-hydrogen) atoms. The third-order valence-corrected chi connectivity index (χ3v) is 19.0. The Balaban J connectivity index is 5.21. The number of esters is 4. The van der Waals surface area contributed by atoms with E-state index >= 15 is 0 Å². The highest BCUT2D eigenvalue weighted by molar-refractivity contribution is 7.47. The third kappa shape index (κ3) is 66.7. The van der Waals surface area contributed by atoms with Gasteiger partial charge in [0.2, 0.25) is 0 Å². The van der Waals surface area contributed by atoms with E-state index < -0.39 is 97.5 Å². The Labute approximate surface area is 562 Å². The van der Waals surface area contributed by atoms with Gasteiger partial charge < -0.3 is 33.8 Å². The first kappa shape index (κ1) is 90.1. The fourth-order valence-corrected chi connectivity index (χ4v) is 12.8. The molecule has 0 aromatic carbocycles. The van der Waals surface area contributed by atoms with Gasteiger partial charge in [0.25, 0.3) is 0 Å². The molecule has 5 atom stereocenters. The van der Waals surface area contributed by atoms with Gasteiger partial charge in [-0.15, -0.1) is 0 Å². The smallest absolute Gasteiger partial charge is 0.462 e. The summed E-state index contributed by atoms with van der Waals surface area (Å²) in [6, 6.07) is 0. The van der Waals surface area contributed by atoms with Crippen molar-refractivity contribution in [2.24, 2.45) is 0 Å². The minimum Gasteiger partial charge on any atom is -0.462 e. The molecule has 0 saturated heterocycles.